The maximum absolute atomic E-state index is 12.1. The SMILES string of the molecule is Cc1ccc(NC(=O)C(C)OC(=O)c2ccncc2)cc1C. The van der Waals surface area contributed by atoms with Gasteiger partial charge in [-0.2, -0.15) is 0 Å². The molecule has 0 spiro atoms. The van der Waals surface area contributed by atoms with Crippen LogP contribution in [0.3, 0.4) is 0 Å². The highest BCUT2D eigenvalue weighted by molar-refractivity contribution is 5.97. The summed E-state index contributed by atoms with van der Waals surface area (Å²) < 4.78 is 5.15. The highest BCUT2D eigenvalue weighted by atomic mass is 16.5. The van der Waals surface area contributed by atoms with E-state index in [1.807, 2.05) is 32.0 Å². The van der Waals surface area contributed by atoms with E-state index in [-0.39, 0.29) is 5.91 Å². The highest BCUT2D eigenvalue weighted by Crippen LogP contribution is 2.15. The number of esters is 1. The lowest BCUT2D eigenvalue weighted by Crippen LogP contribution is -2.30. The molecule has 5 heteroatoms. The number of benzene rings is 1. The Labute approximate surface area is 129 Å². The molecule has 1 atom stereocenters. The van der Waals surface area contributed by atoms with Crippen molar-refractivity contribution >= 4 is 17.6 Å². The lowest BCUT2D eigenvalue weighted by Gasteiger charge is -2.14. The summed E-state index contributed by atoms with van der Waals surface area (Å²) >= 11 is 0. The Hall–Kier alpha value is -2.69. The van der Waals surface area contributed by atoms with Crippen LogP contribution in [0.2, 0.25) is 0 Å². The van der Waals surface area contributed by atoms with Gasteiger partial charge in [0.05, 0.1) is 5.56 Å². The lowest BCUT2D eigenvalue weighted by molar-refractivity contribution is -0.123. The van der Waals surface area contributed by atoms with Crippen LogP contribution >= 0.6 is 0 Å². The van der Waals surface area contributed by atoms with Crippen molar-refractivity contribution in [2.45, 2.75) is 26.9 Å². The van der Waals surface area contributed by atoms with Gasteiger partial charge in [0.15, 0.2) is 6.10 Å². The molecule has 0 aliphatic heterocycles. The number of ether oxygens (including phenoxy) is 1. The summed E-state index contributed by atoms with van der Waals surface area (Å²) in [6.07, 6.45) is 2.11. The average molecular weight is 298 g/mol. The number of anilines is 1. The van der Waals surface area contributed by atoms with E-state index >= 15 is 0 Å². The molecule has 0 saturated heterocycles. The number of aromatic nitrogens is 1. The molecule has 1 aromatic heterocycles. The van der Waals surface area contributed by atoms with Crippen molar-refractivity contribution in [2.24, 2.45) is 0 Å². The number of aryl methyl sites for hydroxylation is 2. The molecule has 1 N–H and O–H groups in total. The first kappa shape index (κ1) is 15.7. The van der Waals surface area contributed by atoms with Gasteiger partial charge in [0.25, 0.3) is 5.91 Å². The number of hydrogen-bond acceptors (Lipinski definition) is 4. The van der Waals surface area contributed by atoms with E-state index in [1.165, 1.54) is 31.5 Å². The fourth-order valence-electron chi connectivity index (χ4n) is 1.83. The normalized spacial score (nSPS) is 11.6. The van der Waals surface area contributed by atoms with Crippen LogP contribution in [0, 0.1) is 13.8 Å². The van der Waals surface area contributed by atoms with E-state index in [9.17, 15) is 9.59 Å². The molecule has 1 amide bonds. The third kappa shape index (κ3) is 3.91. The predicted octanol–water partition coefficient (Wildman–Crippen LogP) is 2.88. The Kier molecular flexibility index (Phi) is 4.88. The Morgan fingerprint density at radius 1 is 1.09 bits per heavy atom. The molecule has 114 valence electrons. The van der Waals surface area contributed by atoms with Crippen molar-refractivity contribution < 1.29 is 14.3 Å². The van der Waals surface area contributed by atoms with Crippen molar-refractivity contribution in [3.63, 3.8) is 0 Å². The van der Waals surface area contributed by atoms with Gasteiger partial charge < -0.3 is 10.1 Å². The second kappa shape index (κ2) is 6.85. The number of rotatable bonds is 4. The molecule has 1 aromatic carbocycles. The average Bonchev–Trinajstić information content (AvgIpc) is 2.51. The van der Waals surface area contributed by atoms with Crippen molar-refractivity contribution in [3.8, 4) is 0 Å². The topological polar surface area (TPSA) is 68.3 Å². The minimum Gasteiger partial charge on any atom is -0.449 e. The Morgan fingerprint density at radius 2 is 1.77 bits per heavy atom. The summed E-state index contributed by atoms with van der Waals surface area (Å²) in [5.41, 5.74) is 3.27. The standard InChI is InChI=1S/C17H18N2O3/c1-11-4-5-15(10-12(11)2)19-16(20)13(3)22-17(21)14-6-8-18-9-7-14/h4-10,13H,1-3H3,(H,19,20). The maximum Gasteiger partial charge on any atom is 0.339 e. The van der Waals surface area contributed by atoms with Gasteiger partial charge in [0.2, 0.25) is 0 Å². The van der Waals surface area contributed by atoms with Crippen LogP contribution in [0.1, 0.15) is 28.4 Å². The third-order valence-corrected chi connectivity index (χ3v) is 3.34. The third-order valence-electron chi connectivity index (χ3n) is 3.34. The monoisotopic (exact) mass is 298 g/mol. The fourth-order valence-corrected chi connectivity index (χ4v) is 1.83. The minimum absolute atomic E-state index is 0.362. The smallest absolute Gasteiger partial charge is 0.339 e. The number of amides is 1. The van der Waals surface area contributed by atoms with Crippen molar-refractivity contribution in [1.29, 1.82) is 0 Å². The van der Waals surface area contributed by atoms with Gasteiger partial charge in [0.1, 0.15) is 0 Å². The van der Waals surface area contributed by atoms with Gasteiger partial charge in [-0.15, -0.1) is 0 Å². The first-order chi connectivity index (χ1) is 10.5. The van der Waals surface area contributed by atoms with Gasteiger partial charge in [-0.25, -0.2) is 4.79 Å². The molecule has 2 rings (SSSR count). The van der Waals surface area contributed by atoms with Crippen molar-refractivity contribution in [3.05, 3.63) is 59.4 Å². The summed E-state index contributed by atoms with van der Waals surface area (Å²) in [5.74, 6) is -0.921. The van der Waals surface area contributed by atoms with Crippen LogP contribution in [-0.4, -0.2) is 23.0 Å². The van der Waals surface area contributed by atoms with Gasteiger partial charge in [-0.3, -0.25) is 9.78 Å². The summed E-state index contributed by atoms with van der Waals surface area (Å²) in [6.45, 7) is 5.51. The highest BCUT2D eigenvalue weighted by Gasteiger charge is 2.19. The Balaban J connectivity index is 1.97. The minimum atomic E-state index is -0.887. The number of hydrogen-bond donors (Lipinski definition) is 1. The molecule has 0 saturated carbocycles. The molecule has 0 radical (unpaired) electrons. The quantitative estimate of drug-likeness (QED) is 0.881. The summed E-state index contributed by atoms with van der Waals surface area (Å²) in [7, 11) is 0. The van der Waals surface area contributed by atoms with E-state index < -0.39 is 12.1 Å². The van der Waals surface area contributed by atoms with Gasteiger partial charge in [-0.1, -0.05) is 6.07 Å². The molecule has 0 aliphatic carbocycles. The van der Waals surface area contributed by atoms with Crippen molar-refractivity contribution in [2.75, 3.05) is 5.32 Å². The number of pyridine rings is 1. The molecule has 1 unspecified atom stereocenters. The number of nitrogens with zero attached hydrogens (tertiary/aromatic N) is 1. The van der Waals surface area contributed by atoms with Gasteiger partial charge in [0, 0.05) is 18.1 Å². The molecule has 5 nitrogen and oxygen atoms in total. The largest absolute Gasteiger partial charge is 0.449 e. The van der Waals surface area contributed by atoms with E-state index in [1.54, 1.807) is 0 Å². The Morgan fingerprint density at radius 3 is 2.41 bits per heavy atom. The predicted molar refractivity (Wildman–Crippen MR) is 83.7 cm³/mol. The molecule has 0 aliphatic rings. The van der Waals surface area contributed by atoms with E-state index in [2.05, 4.69) is 10.3 Å². The van der Waals surface area contributed by atoms with Crippen LogP contribution in [0.5, 0.6) is 0 Å². The lowest BCUT2D eigenvalue weighted by atomic mass is 10.1. The number of carbonyl (C=O) groups excluding carboxylic acids is 2. The van der Waals surface area contributed by atoms with E-state index in [4.69, 9.17) is 4.74 Å². The maximum atomic E-state index is 12.1. The summed E-state index contributed by atoms with van der Waals surface area (Å²) in [5, 5.41) is 2.74. The Bertz CT molecular complexity index is 684. The van der Waals surface area contributed by atoms with Crippen LogP contribution in [0.15, 0.2) is 42.7 Å². The molecule has 0 bridgehead atoms. The van der Waals surface area contributed by atoms with Crippen molar-refractivity contribution in [1.82, 2.24) is 4.98 Å². The number of carbonyl (C=O) groups is 2. The van der Waals surface area contributed by atoms with Crippen LogP contribution < -0.4 is 5.32 Å². The molecular weight excluding hydrogens is 280 g/mol. The van der Waals surface area contributed by atoms with Crippen LogP contribution in [0.4, 0.5) is 5.69 Å². The first-order valence-electron chi connectivity index (χ1n) is 6.96. The van der Waals surface area contributed by atoms with Crippen LogP contribution in [0.25, 0.3) is 0 Å². The van der Waals surface area contributed by atoms with E-state index in [0.29, 0.717) is 11.3 Å². The zero-order valence-corrected chi connectivity index (χ0v) is 12.8. The zero-order valence-electron chi connectivity index (χ0n) is 12.8. The summed E-state index contributed by atoms with van der Waals surface area (Å²) in [4.78, 5) is 27.8. The number of nitrogens with one attached hydrogen (secondary N) is 1. The first-order valence-corrected chi connectivity index (χ1v) is 6.96. The summed E-state index contributed by atoms with van der Waals surface area (Å²) in [6, 6.07) is 8.70. The molecule has 22 heavy (non-hydrogen) atoms. The van der Waals surface area contributed by atoms with Gasteiger partial charge >= 0.3 is 5.97 Å². The zero-order chi connectivity index (χ0) is 16.1. The second-order valence-electron chi connectivity index (χ2n) is 5.07. The van der Waals surface area contributed by atoms with Gasteiger partial charge in [-0.05, 0) is 56.2 Å². The van der Waals surface area contributed by atoms with E-state index in [0.717, 1.165) is 11.1 Å². The van der Waals surface area contributed by atoms with Crippen LogP contribution in [-0.2, 0) is 9.53 Å². The second-order valence-corrected chi connectivity index (χ2v) is 5.07. The molecule has 0 fully saturated rings. The molecule has 2 aromatic rings. The molecular formula is C17H18N2O3. The molecule has 1 heterocycles. The fraction of sp³-hybridized carbons (Fsp3) is 0.235.